The van der Waals surface area contributed by atoms with Crippen LogP contribution in [0.1, 0.15) is 13.8 Å². The molecule has 2 heterocycles. The first-order chi connectivity index (χ1) is 7.13. The summed E-state index contributed by atoms with van der Waals surface area (Å²) in [6.45, 7) is 7.34. The van der Waals surface area contributed by atoms with Crippen molar-refractivity contribution in [2.24, 2.45) is 0 Å². The minimum absolute atomic E-state index is 0.134. The summed E-state index contributed by atoms with van der Waals surface area (Å²) < 4.78 is 10.5. The van der Waals surface area contributed by atoms with E-state index in [0.29, 0.717) is 6.61 Å². The minimum Gasteiger partial charge on any atom is -0.447 e. The molecule has 0 saturated carbocycles. The van der Waals surface area contributed by atoms with E-state index >= 15 is 0 Å². The number of hydrogen-bond donors (Lipinski definition) is 1. The smallest absolute Gasteiger partial charge is 0.407 e. The lowest BCUT2D eigenvalue weighted by atomic mass is 10.2. The van der Waals surface area contributed by atoms with Crippen molar-refractivity contribution >= 4 is 6.09 Å². The summed E-state index contributed by atoms with van der Waals surface area (Å²) in [5, 5.41) is 2.79. The third-order valence-electron chi connectivity index (χ3n) is 2.71. The Morgan fingerprint density at radius 1 is 1.40 bits per heavy atom. The van der Waals surface area contributed by atoms with E-state index in [1.54, 1.807) is 0 Å². The van der Waals surface area contributed by atoms with Gasteiger partial charge in [0.15, 0.2) is 0 Å². The van der Waals surface area contributed by atoms with Gasteiger partial charge in [0.2, 0.25) is 0 Å². The van der Waals surface area contributed by atoms with Gasteiger partial charge in [0.25, 0.3) is 0 Å². The summed E-state index contributed by atoms with van der Waals surface area (Å²) in [6.07, 6.45) is 0.243. The van der Waals surface area contributed by atoms with Gasteiger partial charge in [-0.25, -0.2) is 4.79 Å². The van der Waals surface area contributed by atoms with Crippen molar-refractivity contribution < 1.29 is 14.3 Å². The molecule has 0 aromatic carbocycles. The van der Waals surface area contributed by atoms with Crippen LogP contribution in [0.2, 0.25) is 0 Å². The van der Waals surface area contributed by atoms with Gasteiger partial charge >= 0.3 is 6.09 Å². The van der Waals surface area contributed by atoms with E-state index in [0.717, 1.165) is 19.6 Å². The van der Waals surface area contributed by atoms with Crippen molar-refractivity contribution in [3.63, 3.8) is 0 Å². The second kappa shape index (κ2) is 4.37. The number of alkyl carbamates (subject to hydrolysis) is 1. The molecule has 0 aromatic rings. The lowest BCUT2D eigenvalue weighted by Crippen LogP contribution is -2.50. The van der Waals surface area contributed by atoms with Gasteiger partial charge in [0, 0.05) is 19.6 Å². The molecule has 86 valence electrons. The van der Waals surface area contributed by atoms with Gasteiger partial charge in [-0.05, 0) is 13.8 Å². The maximum Gasteiger partial charge on any atom is 0.407 e. The number of amides is 1. The van der Waals surface area contributed by atoms with E-state index < -0.39 is 0 Å². The zero-order valence-electron chi connectivity index (χ0n) is 9.23. The standard InChI is InChI=1S/C10H18N2O3/c1-7-3-12(4-8(2)15-7)5-9-6-14-10(13)11-9/h7-9H,3-6H2,1-2H3,(H,11,13)/t7-,8+,9-/m1/s1. The van der Waals surface area contributed by atoms with Gasteiger partial charge < -0.3 is 14.8 Å². The highest BCUT2D eigenvalue weighted by molar-refractivity contribution is 5.69. The third kappa shape index (κ3) is 2.82. The second-order valence-corrected chi connectivity index (χ2v) is 4.42. The van der Waals surface area contributed by atoms with Gasteiger partial charge in [-0.1, -0.05) is 0 Å². The zero-order valence-corrected chi connectivity index (χ0v) is 9.23. The molecule has 0 spiro atoms. The monoisotopic (exact) mass is 214 g/mol. The largest absolute Gasteiger partial charge is 0.447 e. The van der Waals surface area contributed by atoms with Crippen LogP contribution in [0.3, 0.4) is 0 Å². The molecular formula is C10H18N2O3. The van der Waals surface area contributed by atoms with Crippen LogP contribution in [-0.2, 0) is 9.47 Å². The summed E-state index contributed by atoms with van der Waals surface area (Å²) in [7, 11) is 0. The average molecular weight is 214 g/mol. The molecule has 0 bridgehead atoms. The number of hydrogen-bond acceptors (Lipinski definition) is 4. The molecule has 2 aliphatic heterocycles. The molecule has 1 amide bonds. The van der Waals surface area contributed by atoms with Gasteiger partial charge in [0.05, 0.1) is 18.2 Å². The Labute approximate surface area is 89.7 Å². The first-order valence-corrected chi connectivity index (χ1v) is 5.44. The molecule has 5 nitrogen and oxygen atoms in total. The number of nitrogens with one attached hydrogen (secondary N) is 1. The normalized spacial score (nSPS) is 37.5. The van der Waals surface area contributed by atoms with Crippen LogP contribution in [0, 0.1) is 0 Å². The highest BCUT2D eigenvalue weighted by Gasteiger charge is 2.28. The van der Waals surface area contributed by atoms with E-state index in [1.807, 2.05) is 0 Å². The Bertz CT molecular complexity index is 237. The molecule has 5 heteroatoms. The van der Waals surface area contributed by atoms with E-state index in [2.05, 4.69) is 24.1 Å². The maximum atomic E-state index is 10.8. The van der Waals surface area contributed by atoms with E-state index in [9.17, 15) is 4.79 Å². The summed E-state index contributed by atoms with van der Waals surface area (Å²) in [6, 6.07) is 0.134. The summed E-state index contributed by atoms with van der Waals surface area (Å²) in [5.74, 6) is 0. The predicted octanol–water partition coefficient (Wildman–Crippen LogP) is 0.204. The Kier molecular flexibility index (Phi) is 3.11. The molecule has 3 atom stereocenters. The molecule has 0 aromatic heterocycles. The Morgan fingerprint density at radius 3 is 2.60 bits per heavy atom. The number of nitrogens with zero attached hydrogens (tertiary/aromatic N) is 1. The molecule has 2 saturated heterocycles. The molecular weight excluding hydrogens is 196 g/mol. The number of rotatable bonds is 2. The fraction of sp³-hybridized carbons (Fsp3) is 0.900. The van der Waals surface area contributed by atoms with Gasteiger partial charge in [-0.3, -0.25) is 4.90 Å². The van der Waals surface area contributed by atoms with E-state index in [4.69, 9.17) is 9.47 Å². The number of carbonyl (C=O) groups excluding carboxylic acids is 1. The molecule has 2 aliphatic rings. The molecule has 1 N–H and O–H groups in total. The van der Waals surface area contributed by atoms with E-state index in [1.165, 1.54) is 0 Å². The van der Waals surface area contributed by atoms with Crippen molar-refractivity contribution in [3.8, 4) is 0 Å². The van der Waals surface area contributed by atoms with Crippen LogP contribution in [0.5, 0.6) is 0 Å². The summed E-state index contributed by atoms with van der Waals surface area (Å²) in [4.78, 5) is 13.2. The molecule has 15 heavy (non-hydrogen) atoms. The van der Waals surface area contributed by atoms with Crippen molar-refractivity contribution in [1.82, 2.24) is 10.2 Å². The van der Waals surface area contributed by atoms with Crippen LogP contribution in [-0.4, -0.2) is 55.5 Å². The van der Waals surface area contributed by atoms with E-state index in [-0.39, 0.29) is 24.3 Å². The van der Waals surface area contributed by atoms with Crippen LogP contribution in [0.25, 0.3) is 0 Å². The number of cyclic esters (lactones) is 1. The molecule has 0 unspecified atom stereocenters. The quantitative estimate of drug-likeness (QED) is 0.713. The highest BCUT2D eigenvalue weighted by Crippen LogP contribution is 2.11. The highest BCUT2D eigenvalue weighted by atomic mass is 16.6. The molecule has 0 aliphatic carbocycles. The second-order valence-electron chi connectivity index (χ2n) is 4.42. The van der Waals surface area contributed by atoms with Crippen molar-refractivity contribution in [2.75, 3.05) is 26.2 Å². The van der Waals surface area contributed by atoms with Gasteiger partial charge in [-0.2, -0.15) is 0 Å². The van der Waals surface area contributed by atoms with Crippen LogP contribution in [0.4, 0.5) is 4.79 Å². The minimum atomic E-state index is -0.297. The Hall–Kier alpha value is -0.810. The topological polar surface area (TPSA) is 50.8 Å². The van der Waals surface area contributed by atoms with Gasteiger partial charge in [-0.15, -0.1) is 0 Å². The molecule has 0 radical (unpaired) electrons. The summed E-state index contributed by atoms with van der Waals surface area (Å²) in [5.41, 5.74) is 0. The first kappa shape index (κ1) is 10.7. The van der Waals surface area contributed by atoms with Crippen LogP contribution in [0.15, 0.2) is 0 Å². The first-order valence-electron chi connectivity index (χ1n) is 5.44. The SMILES string of the molecule is C[C@@H]1CN(C[C@@H]2COC(=O)N2)C[C@H](C)O1. The predicted molar refractivity (Wildman–Crippen MR) is 54.7 cm³/mol. The zero-order chi connectivity index (χ0) is 10.8. The summed E-state index contributed by atoms with van der Waals surface area (Å²) >= 11 is 0. The Morgan fingerprint density at radius 2 is 2.07 bits per heavy atom. The van der Waals surface area contributed by atoms with Crippen molar-refractivity contribution in [3.05, 3.63) is 0 Å². The van der Waals surface area contributed by atoms with Crippen molar-refractivity contribution in [2.45, 2.75) is 32.1 Å². The lowest BCUT2D eigenvalue weighted by molar-refractivity contribution is -0.0695. The lowest BCUT2D eigenvalue weighted by Gasteiger charge is -2.36. The third-order valence-corrected chi connectivity index (χ3v) is 2.71. The Balaban J connectivity index is 1.81. The molecule has 2 fully saturated rings. The van der Waals surface area contributed by atoms with Crippen LogP contribution < -0.4 is 5.32 Å². The van der Waals surface area contributed by atoms with Gasteiger partial charge in [0.1, 0.15) is 6.61 Å². The number of carbonyl (C=O) groups is 1. The van der Waals surface area contributed by atoms with Crippen molar-refractivity contribution in [1.29, 1.82) is 0 Å². The number of morpholine rings is 1. The average Bonchev–Trinajstić information content (AvgIpc) is 2.49. The number of ether oxygens (including phenoxy) is 2. The fourth-order valence-electron chi connectivity index (χ4n) is 2.27. The molecule has 2 rings (SSSR count). The van der Waals surface area contributed by atoms with Crippen LogP contribution >= 0.6 is 0 Å². The fourth-order valence-corrected chi connectivity index (χ4v) is 2.27. The maximum absolute atomic E-state index is 10.8.